The van der Waals surface area contributed by atoms with Crippen molar-refractivity contribution < 1.29 is 4.79 Å². The van der Waals surface area contributed by atoms with Crippen LogP contribution in [0.2, 0.25) is 0 Å². The maximum atomic E-state index is 12.4. The summed E-state index contributed by atoms with van der Waals surface area (Å²) in [6.07, 6.45) is 5.96. The zero-order valence-corrected chi connectivity index (χ0v) is 13.1. The number of hydrogen-bond donors (Lipinski definition) is 1. The van der Waals surface area contributed by atoms with Crippen LogP contribution in [0.25, 0.3) is 0 Å². The van der Waals surface area contributed by atoms with Crippen LogP contribution in [0.15, 0.2) is 6.07 Å². The molecule has 1 aromatic rings. The van der Waals surface area contributed by atoms with E-state index in [9.17, 15) is 4.79 Å². The SMILES string of the molecule is CCCc1cc(C(=O)N2CC(N3CCCC[C@H]3C)C2)n[nH]1. The third-order valence-corrected chi connectivity index (χ3v) is 4.84. The smallest absolute Gasteiger partial charge is 0.274 e. The Hall–Kier alpha value is -1.36. The molecular weight excluding hydrogens is 264 g/mol. The minimum atomic E-state index is 0.0783. The molecule has 21 heavy (non-hydrogen) atoms. The number of aryl methyl sites for hydroxylation is 1. The summed E-state index contributed by atoms with van der Waals surface area (Å²) in [7, 11) is 0. The lowest BCUT2D eigenvalue weighted by atomic mass is 9.97. The molecule has 116 valence electrons. The number of aromatic nitrogens is 2. The number of nitrogens with zero attached hydrogens (tertiary/aromatic N) is 3. The van der Waals surface area contributed by atoms with E-state index in [4.69, 9.17) is 0 Å². The van der Waals surface area contributed by atoms with Crippen LogP contribution in [0.1, 0.15) is 55.7 Å². The molecule has 0 unspecified atom stereocenters. The average molecular weight is 290 g/mol. The number of aromatic amines is 1. The van der Waals surface area contributed by atoms with Gasteiger partial charge in [0.05, 0.1) is 0 Å². The summed E-state index contributed by atoms with van der Waals surface area (Å²) in [5.74, 6) is 0.0783. The van der Waals surface area contributed by atoms with Crippen molar-refractivity contribution in [2.24, 2.45) is 0 Å². The molecule has 0 radical (unpaired) electrons. The first-order valence-corrected chi connectivity index (χ1v) is 8.28. The fourth-order valence-corrected chi connectivity index (χ4v) is 3.52. The zero-order valence-electron chi connectivity index (χ0n) is 13.1. The number of nitrogens with one attached hydrogen (secondary N) is 1. The molecule has 5 nitrogen and oxygen atoms in total. The summed E-state index contributed by atoms with van der Waals surface area (Å²) >= 11 is 0. The highest BCUT2D eigenvalue weighted by atomic mass is 16.2. The Labute approximate surface area is 126 Å². The van der Waals surface area contributed by atoms with Crippen molar-refractivity contribution in [3.8, 4) is 0 Å². The van der Waals surface area contributed by atoms with Crippen LogP contribution in [0.4, 0.5) is 0 Å². The van der Waals surface area contributed by atoms with Gasteiger partial charge in [0.2, 0.25) is 0 Å². The highest BCUT2D eigenvalue weighted by Gasteiger charge is 2.38. The molecular formula is C16H26N4O. The van der Waals surface area contributed by atoms with E-state index in [0.717, 1.165) is 31.6 Å². The molecule has 2 saturated heterocycles. The predicted molar refractivity (Wildman–Crippen MR) is 82.3 cm³/mol. The molecule has 3 heterocycles. The second-order valence-electron chi connectivity index (χ2n) is 6.48. The van der Waals surface area contributed by atoms with E-state index in [-0.39, 0.29) is 5.91 Å². The van der Waals surface area contributed by atoms with Gasteiger partial charge in [0.15, 0.2) is 0 Å². The van der Waals surface area contributed by atoms with Crippen molar-refractivity contribution in [1.82, 2.24) is 20.0 Å². The molecule has 0 bridgehead atoms. The quantitative estimate of drug-likeness (QED) is 0.923. The third-order valence-electron chi connectivity index (χ3n) is 4.84. The Morgan fingerprint density at radius 1 is 1.43 bits per heavy atom. The first-order chi connectivity index (χ1) is 10.2. The van der Waals surface area contributed by atoms with Crippen molar-refractivity contribution in [3.05, 3.63) is 17.5 Å². The molecule has 3 rings (SSSR count). The Bertz CT molecular complexity index is 492. The van der Waals surface area contributed by atoms with Gasteiger partial charge in [-0.2, -0.15) is 5.10 Å². The third kappa shape index (κ3) is 2.98. The Kier molecular flexibility index (Phi) is 4.29. The minimum absolute atomic E-state index is 0.0783. The first-order valence-electron chi connectivity index (χ1n) is 8.28. The second kappa shape index (κ2) is 6.18. The fraction of sp³-hybridized carbons (Fsp3) is 0.750. The molecule has 5 heteroatoms. The van der Waals surface area contributed by atoms with Crippen molar-refractivity contribution in [1.29, 1.82) is 0 Å². The first kappa shape index (κ1) is 14.6. The summed E-state index contributed by atoms with van der Waals surface area (Å²) in [5.41, 5.74) is 1.63. The molecule has 0 spiro atoms. The summed E-state index contributed by atoms with van der Waals surface area (Å²) < 4.78 is 0. The van der Waals surface area contributed by atoms with Gasteiger partial charge >= 0.3 is 0 Å². The lowest BCUT2D eigenvalue weighted by molar-refractivity contribution is 0.00181. The van der Waals surface area contributed by atoms with E-state index in [1.165, 1.54) is 25.8 Å². The van der Waals surface area contributed by atoms with Gasteiger partial charge in [0, 0.05) is 30.9 Å². The summed E-state index contributed by atoms with van der Waals surface area (Å²) in [6.45, 7) is 7.35. The van der Waals surface area contributed by atoms with Crippen molar-refractivity contribution >= 4 is 5.91 Å². The second-order valence-corrected chi connectivity index (χ2v) is 6.48. The highest BCUT2D eigenvalue weighted by molar-refractivity contribution is 5.93. The average Bonchev–Trinajstić information content (AvgIpc) is 2.88. The lowest BCUT2D eigenvalue weighted by Gasteiger charge is -2.49. The van der Waals surface area contributed by atoms with Gasteiger partial charge < -0.3 is 4.90 Å². The van der Waals surface area contributed by atoms with E-state index in [2.05, 4.69) is 28.9 Å². The van der Waals surface area contributed by atoms with Crippen LogP contribution in [0, 0.1) is 0 Å². The molecule has 2 fully saturated rings. The summed E-state index contributed by atoms with van der Waals surface area (Å²) in [5, 5.41) is 7.12. The number of amides is 1. The number of hydrogen-bond acceptors (Lipinski definition) is 3. The molecule has 0 aliphatic carbocycles. The van der Waals surface area contributed by atoms with Crippen LogP contribution in [0.3, 0.4) is 0 Å². The predicted octanol–water partition coefficient (Wildman–Crippen LogP) is 2.06. The van der Waals surface area contributed by atoms with E-state index < -0.39 is 0 Å². The lowest BCUT2D eigenvalue weighted by Crippen LogP contribution is -2.63. The number of likely N-dealkylation sites (tertiary alicyclic amines) is 2. The van der Waals surface area contributed by atoms with Gasteiger partial charge in [0.1, 0.15) is 5.69 Å². The monoisotopic (exact) mass is 290 g/mol. The zero-order chi connectivity index (χ0) is 14.8. The Morgan fingerprint density at radius 3 is 2.95 bits per heavy atom. The molecule has 1 N–H and O–H groups in total. The fourth-order valence-electron chi connectivity index (χ4n) is 3.52. The van der Waals surface area contributed by atoms with Crippen LogP contribution in [-0.2, 0) is 6.42 Å². The number of carbonyl (C=O) groups is 1. The van der Waals surface area contributed by atoms with Gasteiger partial charge in [-0.3, -0.25) is 14.8 Å². The van der Waals surface area contributed by atoms with Crippen LogP contribution < -0.4 is 0 Å². The van der Waals surface area contributed by atoms with E-state index >= 15 is 0 Å². The largest absolute Gasteiger partial charge is 0.334 e. The number of H-pyrrole nitrogens is 1. The van der Waals surface area contributed by atoms with Gasteiger partial charge in [-0.25, -0.2) is 0 Å². The minimum Gasteiger partial charge on any atom is -0.334 e. The van der Waals surface area contributed by atoms with E-state index in [1.54, 1.807) is 0 Å². The summed E-state index contributed by atoms with van der Waals surface area (Å²) in [6, 6.07) is 3.13. The molecule has 0 saturated carbocycles. The molecule has 2 aliphatic heterocycles. The van der Waals surface area contributed by atoms with Gasteiger partial charge in [-0.15, -0.1) is 0 Å². The Morgan fingerprint density at radius 2 is 2.24 bits per heavy atom. The van der Waals surface area contributed by atoms with Crippen LogP contribution in [0.5, 0.6) is 0 Å². The molecule has 0 aromatic carbocycles. The maximum absolute atomic E-state index is 12.4. The topological polar surface area (TPSA) is 52.2 Å². The van der Waals surface area contributed by atoms with Crippen LogP contribution in [-0.4, -0.2) is 57.6 Å². The van der Waals surface area contributed by atoms with Crippen LogP contribution >= 0.6 is 0 Å². The maximum Gasteiger partial charge on any atom is 0.274 e. The van der Waals surface area contributed by atoms with Crippen molar-refractivity contribution in [2.75, 3.05) is 19.6 Å². The normalized spacial score (nSPS) is 24.1. The standard InChI is InChI=1S/C16H26N4O/c1-3-6-13-9-15(18-17-13)16(21)19-10-14(11-19)20-8-5-4-7-12(20)2/h9,12,14H,3-8,10-11H2,1-2H3,(H,17,18)/t12-/m1/s1. The van der Waals surface area contributed by atoms with E-state index in [1.807, 2.05) is 11.0 Å². The van der Waals surface area contributed by atoms with Gasteiger partial charge in [-0.05, 0) is 38.8 Å². The van der Waals surface area contributed by atoms with Crippen molar-refractivity contribution in [3.63, 3.8) is 0 Å². The number of rotatable bonds is 4. The molecule has 1 aromatic heterocycles. The number of carbonyl (C=O) groups excluding carboxylic acids is 1. The van der Waals surface area contributed by atoms with E-state index in [0.29, 0.717) is 17.8 Å². The number of piperidine rings is 1. The van der Waals surface area contributed by atoms with Crippen molar-refractivity contribution in [2.45, 2.75) is 58.0 Å². The van der Waals surface area contributed by atoms with Gasteiger partial charge in [-0.1, -0.05) is 19.8 Å². The summed E-state index contributed by atoms with van der Waals surface area (Å²) in [4.78, 5) is 16.9. The molecule has 2 aliphatic rings. The Balaban J connectivity index is 1.54. The van der Waals surface area contributed by atoms with Gasteiger partial charge in [0.25, 0.3) is 5.91 Å². The molecule has 1 atom stereocenters. The molecule has 1 amide bonds. The highest BCUT2D eigenvalue weighted by Crippen LogP contribution is 2.25.